The van der Waals surface area contributed by atoms with Crippen LogP contribution in [0.3, 0.4) is 0 Å². The third-order valence-corrected chi connectivity index (χ3v) is 2.65. The first kappa shape index (κ1) is 13.2. The Kier molecular flexibility index (Phi) is 4.50. The minimum absolute atomic E-state index is 0. The second kappa shape index (κ2) is 5.46. The SMILES string of the molecule is COC[C@@H]1CN(C)c2ccc(C)cc2O1.S. The zero-order valence-corrected chi connectivity index (χ0v) is 11.0. The molecule has 3 nitrogen and oxygen atoms in total. The molecule has 1 aliphatic rings. The molecule has 0 N–H and O–H groups in total. The number of fused-ring (bicyclic) bond motifs is 1. The van der Waals surface area contributed by atoms with E-state index in [0.29, 0.717) is 6.61 Å². The number of likely N-dealkylation sites (N-methyl/N-ethyl adjacent to an activating group) is 1. The predicted octanol–water partition coefficient (Wildman–Crippen LogP) is 1.95. The molecule has 0 radical (unpaired) electrons. The fourth-order valence-corrected chi connectivity index (χ4v) is 1.92. The number of ether oxygens (including phenoxy) is 2. The highest BCUT2D eigenvalue weighted by molar-refractivity contribution is 7.59. The van der Waals surface area contributed by atoms with Crippen molar-refractivity contribution in [2.75, 3.05) is 32.2 Å². The van der Waals surface area contributed by atoms with Gasteiger partial charge in [-0.25, -0.2) is 0 Å². The number of methoxy groups -OCH3 is 1. The highest BCUT2D eigenvalue weighted by Crippen LogP contribution is 2.33. The maximum Gasteiger partial charge on any atom is 0.143 e. The lowest BCUT2D eigenvalue weighted by atomic mass is 10.1. The monoisotopic (exact) mass is 241 g/mol. The molecule has 16 heavy (non-hydrogen) atoms. The molecule has 0 aliphatic carbocycles. The Morgan fingerprint density at radius 1 is 1.50 bits per heavy atom. The lowest BCUT2D eigenvalue weighted by Crippen LogP contribution is -2.40. The molecule has 0 saturated heterocycles. The molecule has 0 unspecified atom stereocenters. The average molecular weight is 241 g/mol. The fourth-order valence-electron chi connectivity index (χ4n) is 1.92. The summed E-state index contributed by atoms with van der Waals surface area (Å²) < 4.78 is 11.0. The number of anilines is 1. The van der Waals surface area contributed by atoms with Crippen LogP contribution in [0.15, 0.2) is 18.2 Å². The van der Waals surface area contributed by atoms with Gasteiger partial charge in [-0.2, -0.15) is 13.5 Å². The van der Waals surface area contributed by atoms with Crippen LogP contribution in [0.5, 0.6) is 5.75 Å². The summed E-state index contributed by atoms with van der Waals surface area (Å²) in [6.07, 6.45) is 0.134. The summed E-state index contributed by atoms with van der Waals surface area (Å²) in [5, 5.41) is 0. The molecular weight excluding hydrogens is 222 g/mol. The number of rotatable bonds is 2. The van der Waals surface area contributed by atoms with Crippen molar-refractivity contribution in [3.05, 3.63) is 23.8 Å². The number of benzene rings is 1. The third-order valence-electron chi connectivity index (χ3n) is 2.65. The van der Waals surface area contributed by atoms with E-state index in [1.807, 2.05) is 0 Å². The van der Waals surface area contributed by atoms with Gasteiger partial charge in [0.15, 0.2) is 0 Å². The van der Waals surface area contributed by atoms with Gasteiger partial charge in [-0.1, -0.05) is 6.07 Å². The van der Waals surface area contributed by atoms with Gasteiger partial charge in [-0.15, -0.1) is 0 Å². The first-order chi connectivity index (χ1) is 7.20. The molecule has 1 aromatic rings. The van der Waals surface area contributed by atoms with Crippen LogP contribution >= 0.6 is 13.5 Å². The van der Waals surface area contributed by atoms with Crippen molar-refractivity contribution >= 4 is 19.2 Å². The van der Waals surface area contributed by atoms with Gasteiger partial charge >= 0.3 is 0 Å². The number of hydrogen-bond acceptors (Lipinski definition) is 3. The van der Waals surface area contributed by atoms with Gasteiger partial charge in [0.2, 0.25) is 0 Å². The van der Waals surface area contributed by atoms with Crippen LogP contribution < -0.4 is 9.64 Å². The molecule has 2 rings (SSSR count). The topological polar surface area (TPSA) is 21.7 Å². The summed E-state index contributed by atoms with van der Waals surface area (Å²) in [6, 6.07) is 6.29. The summed E-state index contributed by atoms with van der Waals surface area (Å²) in [4.78, 5) is 2.21. The summed E-state index contributed by atoms with van der Waals surface area (Å²) in [7, 11) is 3.79. The lowest BCUT2D eigenvalue weighted by molar-refractivity contribution is 0.0801. The van der Waals surface area contributed by atoms with E-state index in [9.17, 15) is 0 Å². The van der Waals surface area contributed by atoms with Crippen LogP contribution in [0.1, 0.15) is 5.56 Å². The van der Waals surface area contributed by atoms with Gasteiger partial charge < -0.3 is 14.4 Å². The number of aryl methyl sites for hydroxylation is 1. The second-order valence-corrected chi connectivity index (χ2v) is 4.05. The number of nitrogens with zero attached hydrogens (tertiary/aromatic N) is 1. The van der Waals surface area contributed by atoms with E-state index < -0.39 is 0 Å². The summed E-state index contributed by atoms with van der Waals surface area (Å²) in [6.45, 7) is 3.59. The van der Waals surface area contributed by atoms with Crippen molar-refractivity contribution < 1.29 is 9.47 Å². The Hall–Kier alpha value is -0.870. The van der Waals surface area contributed by atoms with E-state index in [0.717, 1.165) is 18.0 Å². The molecule has 1 heterocycles. The molecule has 0 spiro atoms. The minimum Gasteiger partial charge on any atom is -0.484 e. The zero-order chi connectivity index (χ0) is 10.8. The standard InChI is InChI=1S/C12H17NO2.H2S/c1-9-4-5-11-12(6-9)15-10(8-14-3)7-13(11)2;/h4-6,10H,7-8H2,1-3H3;1H2/t10-;/m0./s1. The summed E-state index contributed by atoms with van der Waals surface area (Å²) in [5.74, 6) is 0.964. The lowest BCUT2D eigenvalue weighted by Gasteiger charge is -2.33. The average Bonchev–Trinajstić information content (AvgIpc) is 2.17. The molecule has 1 aliphatic heterocycles. The third kappa shape index (κ3) is 2.62. The van der Waals surface area contributed by atoms with Gasteiger partial charge in [0.05, 0.1) is 18.8 Å². The molecule has 0 amide bonds. The van der Waals surface area contributed by atoms with Crippen molar-refractivity contribution in [2.24, 2.45) is 0 Å². The smallest absolute Gasteiger partial charge is 0.143 e. The van der Waals surface area contributed by atoms with Crippen LogP contribution in [0, 0.1) is 6.92 Å². The number of hydrogen-bond donors (Lipinski definition) is 0. The van der Waals surface area contributed by atoms with Crippen LogP contribution in [0.25, 0.3) is 0 Å². The van der Waals surface area contributed by atoms with Gasteiger partial charge in [-0.3, -0.25) is 0 Å². The largest absolute Gasteiger partial charge is 0.484 e. The molecular formula is C12H19NO2S. The molecule has 90 valence electrons. The van der Waals surface area contributed by atoms with E-state index in [1.165, 1.54) is 5.56 Å². The first-order valence-electron chi connectivity index (χ1n) is 5.18. The Balaban J connectivity index is 0.00000128. The van der Waals surface area contributed by atoms with E-state index in [4.69, 9.17) is 9.47 Å². The normalized spacial score (nSPS) is 18.4. The van der Waals surface area contributed by atoms with Crippen molar-refractivity contribution in [3.8, 4) is 5.75 Å². The fraction of sp³-hybridized carbons (Fsp3) is 0.500. The Morgan fingerprint density at radius 3 is 2.94 bits per heavy atom. The molecule has 0 aromatic heterocycles. The highest BCUT2D eigenvalue weighted by atomic mass is 32.1. The predicted molar refractivity (Wildman–Crippen MR) is 71.1 cm³/mol. The Morgan fingerprint density at radius 2 is 2.25 bits per heavy atom. The van der Waals surface area contributed by atoms with E-state index in [2.05, 4.69) is 37.1 Å². The Bertz CT molecular complexity index is 357. The Labute approximate surface area is 104 Å². The quantitative estimate of drug-likeness (QED) is 0.790. The summed E-state index contributed by atoms with van der Waals surface area (Å²) in [5.41, 5.74) is 2.38. The van der Waals surface area contributed by atoms with Crippen LogP contribution in [-0.4, -0.2) is 33.4 Å². The van der Waals surface area contributed by atoms with Crippen LogP contribution in [0.2, 0.25) is 0 Å². The molecule has 1 atom stereocenters. The van der Waals surface area contributed by atoms with Crippen molar-refractivity contribution in [1.29, 1.82) is 0 Å². The van der Waals surface area contributed by atoms with E-state index in [1.54, 1.807) is 7.11 Å². The van der Waals surface area contributed by atoms with Gasteiger partial charge in [0.25, 0.3) is 0 Å². The molecule has 0 fully saturated rings. The minimum atomic E-state index is 0. The van der Waals surface area contributed by atoms with Gasteiger partial charge in [0.1, 0.15) is 11.9 Å². The molecule has 0 saturated carbocycles. The molecule has 1 aromatic carbocycles. The zero-order valence-electron chi connectivity index (χ0n) is 9.99. The van der Waals surface area contributed by atoms with E-state index >= 15 is 0 Å². The van der Waals surface area contributed by atoms with Gasteiger partial charge in [0, 0.05) is 14.2 Å². The van der Waals surface area contributed by atoms with Crippen LogP contribution in [0.4, 0.5) is 5.69 Å². The van der Waals surface area contributed by atoms with E-state index in [-0.39, 0.29) is 19.6 Å². The summed E-state index contributed by atoms with van der Waals surface area (Å²) >= 11 is 0. The first-order valence-corrected chi connectivity index (χ1v) is 5.18. The van der Waals surface area contributed by atoms with Crippen molar-refractivity contribution in [1.82, 2.24) is 0 Å². The van der Waals surface area contributed by atoms with Gasteiger partial charge in [-0.05, 0) is 24.6 Å². The van der Waals surface area contributed by atoms with Crippen LogP contribution in [-0.2, 0) is 4.74 Å². The maximum absolute atomic E-state index is 5.86. The van der Waals surface area contributed by atoms with Crippen molar-refractivity contribution in [3.63, 3.8) is 0 Å². The molecule has 0 bridgehead atoms. The maximum atomic E-state index is 5.86. The molecule has 4 heteroatoms. The van der Waals surface area contributed by atoms with Crippen molar-refractivity contribution in [2.45, 2.75) is 13.0 Å². The highest BCUT2D eigenvalue weighted by Gasteiger charge is 2.22. The second-order valence-electron chi connectivity index (χ2n) is 4.05.